The molecule has 3 heterocycles. The van der Waals surface area contributed by atoms with Crippen LogP contribution in [0, 0.1) is 13.8 Å². The second-order valence-corrected chi connectivity index (χ2v) is 11.9. The maximum absolute atomic E-state index is 13.7. The van der Waals surface area contributed by atoms with E-state index in [1.54, 1.807) is 56.4 Å². The van der Waals surface area contributed by atoms with Crippen molar-refractivity contribution in [2.45, 2.75) is 62.5 Å². The number of hydrogen-bond acceptors (Lipinski definition) is 7. The standard InChI is InChI=1S/C27H37N3O6S.ClH/c1-20-15-24(35-3)16-21(2)26(20)37(33,34)30-12-5-4-8-23(30)18-36-19-25(31)29-13-9-27(32,10-14-29)22-7-6-11-28-17-22;/h6-7,11,15-17,23,32H,4-5,8-10,12-14,18-19H2,1-3H3;1H. The van der Waals surface area contributed by atoms with Gasteiger partial charge in [0.25, 0.3) is 0 Å². The summed E-state index contributed by atoms with van der Waals surface area (Å²) in [4.78, 5) is 18.9. The van der Waals surface area contributed by atoms with Gasteiger partial charge in [-0.15, -0.1) is 12.4 Å². The smallest absolute Gasteiger partial charge is 0.248 e. The van der Waals surface area contributed by atoms with Crippen molar-refractivity contribution in [2.24, 2.45) is 0 Å². The predicted molar refractivity (Wildman–Crippen MR) is 146 cm³/mol. The van der Waals surface area contributed by atoms with E-state index in [0.29, 0.717) is 60.7 Å². The summed E-state index contributed by atoms with van der Waals surface area (Å²) < 4.78 is 40.0. The molecule has 38 heavy (non-hydrogen) atoms. The molecule has 2 aliphatic heterocycles. The van der Waals surface area contributed by atoms with Crippen LogP contribution in [0.15, 0.2) is 41.6 Å². The SMILES string of the molecule is COc1cc(C)c(S(=O)(=O)N2CCCCC2COCC(=O)N2CCC(O)(c3cccnc3)CC2)c(C)c1.Cl. The molecule has 1 N–H and O–H groups in total. The Bertz CT molecular complexity index is 1180. The molecule has 0 bridgehead atoms. The lowest BCUT2D eigenvalue weighted by Crippen LogP contribution is -2.48. The van der Waals surface area contributed by atoms with E-state index in [4.69, 9.17) is 9.47 Å². The van der Waals surface area contributed by atoms with E-state index < -0.39 is 15.6 Å². The number of benzene rings is 1. The molecular formula is C27H38ClN3O6S. The van der Waals surface area contributed by atoms with Crippen LogP contribution >= 0.6 is 12.4 Å². The summed E-state index contributed by atoms with van der Waals surface area (Å²) >= 11 is 0. The summed E-state index contributed by atoms with van der Waals surface area (Å²) in [5, 5.41) is 11.0. The molecule has 0 spiro atoms. The second-order valence-electron chi connectivity index (χ2n) is 10.0. The van der Waals surface area contributed by atoms with Gasteiger partial charge in [-0.3, -0.25) is 9.78 Å². The number of ether oxygens (including phenoxy) is 2. The number of halogens is 1. The van der Waals surface area contributed by atoms with E-state index in [-0.39, 0.29) is 37.6 Å². The Morgan fingerprint density at radius 3 is 2.45 bits per heavy atom. The number of aliphatic hydroxyl groups is 1. The van der Waals surface area contributed by atoms with Crippen molar-refractivity contribution in [2.75, 3.05) is 40.0 Å². The molecule has 2 fully saturated rings. The highest BCUT2D eigenvalue weighted by Gasteiger charge is 2.37. The summed E-state index contributed by atoms with van der Waals surface area (Å²) in [5.41, 5.74) is 1.07. The average molecular weight is 568 g/mol. The summed E-state index contributed by atoms with van der Waals surface area (Å²) in [6.45, 7) is 4.88. The fourth-order valence-electron chi connectivity index (χ4n) is 5.44. The minimum atomic E-state index is -3.74. The van der Waals surface area contributed by atoms with Gasteiger partial charge in [0.15, 0.2) is 0 Å². The third-order valence-corrected chi connectivity index (χ3v) is 9.75. The fourth-order valence-corrected chi connectivity index (χ4v) is 7.53. The summed E-state index contributed by atoms with van der Waals surface area (Å²) in [5.74, 6) is 0.475. The lowest BCUT2D eigenvalue weighted by molar-refractivity contribution is -0.141. The van der Waals surface area contributed by atoms with Crippen LogP contribution in [0.25, 0.3) is 0 Å². The molecule has 1 amide bonds. The Hall–Kier alpha value is -2.24. The van der Waals surface area contributed by atoms with Gasteiger partial charge < -0.3 is 19.5 Å². The Kier molecular flexibility index (Phi) is 10.2. The highest BCUT2D eigenvalue weighted by Crippen LogP contribution is 2.33. The number of nitrogens with zero attached hydrogens (tertiary/aromatic N) is 3. The van der Waals surface area contributed by atoms with Gasteiger partial charge >= 0.3 is 0 Å². The Labute approximate surface area is 231 Å². The molecule has 9 nitrogen and oxygen atoms in total. The molecule has 0 saturated carbocycles. The topological polar surface area (TPSA) is 109 Å². The van der Waals surface area contributed by atoms with Crippen LogP contribution in [-0.2, 0) is 25.2 Å². The zero-order valence-corrected chi connectivity index (χ0v) is 23.9. The number of sulfonamides is 1. The predicted octanol–water partition coefficient (Wildman–Crippen LogP) is 3.20. The lowest BCUT2D eigenvalue weighted by Gasteiger charge is -2.38. The number of rotatable bonds is 8. The van der Waals surface area contributed by atoms with Gasteiger partial charge in [-0.05, 0) is 68.9 Å². The van der Waals surface area contributed by atoms with Crippen LogP contribution in [0.3, 0.4) is 0 Å². The van der Waals surface area contributed by atoms with E-state index in [2.05, 4.69) is 4.98 Å². The van der Waals surface area contributed by atoms with Crippen molar-refractivity contribution in [3.8, 4) is 5.75 Å². The van der Waals surface area contributed by atoms with Gasteiger partial charge in [-0.2, -0.15) is 4.31 Å². The maximum Gasteiger partial charge on any atom is 0.248 e. The first-order valence-electron chi connectivity index (χ1n) is 12.8. The Morgan fingerprint density at radius 1 is 1.16 bits per heavy atom. The van der Waals surface area contributed by atoms with Gasteiger partial charge in [0.05, 0.1) is 24.2 Å². The normalized spacial score (nSPS) is 20.0. The second kappa shape index (κ2) is 12.7. The fraction of sp³-hybridized carbons (Fsp3) is 0.556. The molecule has 1 aromatic carbocycles. The van der Waals surface area contributed by atoms with Crippen molar-refractivity contribution >= 4 is 28.3 Å². The molecule has 1 aromatic heterocycles. The minimum absolute atomic E-state index is 0. The van der Waals surface area contributed by atoms with E-state index >= 15 is 0 Å². The van der Waals surface area contributed by atoms with Crippen molar-refractivity contribution < 1.29 is 27.8 Å². The van der Waals surface area contributed by atoms with E-state index in [9.17, 15) is 18.3 Å². The number of amides is 1. The molecule has 1 unspecified atom stereocenters. The van der Waals surface area contributed by atoms with Gasteiger partial charge in [-0.25, -0.2) is 8.42 Å². The number of pyridine rings is 1. The Morgan fingerprint density at radius 2 is 1.84 bits per heavy atom. The highest BCUT2D eigenvalue weighted by molar-refractivity contribution is 7.89. The van der Waals surface area contributed by atoms with Gasteiger partial charge in [-0.1, -0.05) is 12.5 Å². The summed E-state index contributed by atoms with van der Waals surface area (Å²) in [6.07, 6.45) is 6.58. The van der Waals surface area contributed by atoms with Crippen LogP contribution in [0.2, 0.25) is 0 Å². The van der Waals surface area contributed by atoms with Crippen LogP contribution in [0.5, 0.6) is 5.75 Å². The highest BCUT2D eigenvalue weighted by atomic mass is 35.5. The van der Waals surface area contributed by atoms with E-state index in [1.165, 1.54) is 4.31 Å². The largest absolute Gasteiger partial charge is 0.497 e. The molecular weight excluding hydrogens is 530 g/mol. The van der Waals surface area contributed by atoms with E-state index in [0.717, 1.165) is 18.4 Å². The van der Waals surface area contributed by atoms with Crippen molar-refractivity contribution in [1.82, 2.24) is 14.2 Å². The molecule has 210 valence electrons. The monoisotopic (exact) mass is 567 g/mol. The number of aromatic nitrogens is 1. The average Bonchev–Trinajstić information content (AvgIpc) is 2.89. The third-order valence-electron chi connectivity index (χ3n) is 7.49. The van der Waals surface area contributed by atoms with Gasteiger partial charge in [0, 0.05) is 43.6 Å². The van der Waals surface area contributed by atoms with Crippen molar-refractivity contribution in [3.63, 3.8) is 0 Å². The zero-order chi connectivity index (χ0) is 26.6. The first-order valence-corrected chi connectivity index (χ1v) is 14.3. The quantitative estimate of drug-likeness (QED) is 0.521. The molecule has 2 saturated heterocycles. The first kappa shape index (κ1) is 30.3. The molecule has 11 heteroatoms. The molecule has 2 aliphatic rings. The molecule has 4 rings (SSSR count). The molecule has 0 radical (unpaired) electrons. The third kappa shape index (κ3) is 6.48. The summed E-state index contributed by atoms with van der Waals surface area (Å²) in [6, 6.07) is 6.80. The maximum atomic E-state index is 13.7. The number of likely N-dealkylation sites (tertiary alicyclic amines) is 1. The molecule has 1 atom stereocenters. The lowest BCUT2D eigenvalue weighted by atomic mass is 9.85. The molecule has 2 aromatic rings. The van der Waals surface area contributed by atoms with Crippen LogP contribution in [-0.4, -0.2) is 79.6 Å². The molecule has 0 aliphatic carbocycles. The number of methoxy groups -OCH3 is 1. The summed E-state index contributed by atoms with van der Waals surface area (Å²) in [7, 11) is -2.18. The number of hydrogen-bond donors (Lipinski definition) is 1. The van der Waals surface area contributed by atoms with Gasteiger partial charge in [0.1, 0.15) is 12.4 Å². The van der Waals surface area contributed by atoms with Crippen LogP contribution in [0.4, 0.5) is 0 Å². The number of carbonyl (C=O) groups is 1. The minimum Gasteiger partial charge on any atom is -0.497 e. The van der Waals surface area contributed by atoms with Crippen LogP contribution < -0.4 is 4.74 Å². The number of carbonyl (C=O) groups excluding carboxylic acids is 1. The number of piperidine rings is 2. The van der Waals surface area contributed by atoms with Crippen molar-refractivity contribution in [1.29, 1.82) is 0 Å². The van der Waals surface area contributed by atoms with Crippen molar-refractivity contribution in [3.05, 3.63) is 53.3 Å². The van der Waals surface area contributed by atoms with Crippen LogP contribution in [0.1, 0.15) is 48.8 Å². The Balaban J connectivity index is 0.00000400. The van der Waals surface area contributed by atoms with E-state index in [1.807, 2.05) is 6.07 Å². The van der Waals surface area contributed by atoms with Gasteiger partial charge in [0.2, 0.25) is 15.9 Å². The first-order chi connectivity index (χ1) is 17.7. The zero-order valence-electron chi connectivity index (χ0n) is 22.3. The number of aryl methyl sites for hydroxylation is 2.